The highest BCUT2D eigenvalue weighted by atomic mass is 16.5. The SMILES string of the molecule is CCCCCn1nc(C(=O)N2CCCN(C(=O)OC)CC2)c2ccccc2c1=O. The molecule has 29 heavy (non-hydrogen) atoms. The van der Waals surface area contributed by atoms with Gasteiger partial charge in [0, 0.05) is 38.1 Å². The number of aromatic nitrogens is 2. The maximum absolute atomic E-state index is 13.3. The molecule has 1 fully saturated rings. The van der Waals surface area contributed by atoms with Gasteiger partial charge in [-0.25, -0.2) is 9.48 Å². The molecule has 0 aliphatic carbocycles. The number of aryl methyl sites for hydroxylation is 1. The van der Waals surface area contributed by atoms with Crippen LogP contribution in [-0.2, 0) is 11.3 Å². The van der Waals surface area contributed by atoms with Crippen molar-refractivity contribution < 1.29 is 14.3 Å². The van der Waals surface area contributed by atoms with E-state index in [1.165, 1.54) is 11.8 Å². The molecule has 156 valence electrons. The van der Waals surface area contributed by atoms with Crippen LogP contribution in [0.15, 0.2) is 29.1 Å². The smallest absolute Gasteiger partial charge is 0.409 e. The van der Waals surface area contributed by atoms with E-state index in [4.69, 9.17) is 4.74 Å². The number of benzene rings is 1. The topological polar surface area (TPSA) is 84.7 Å². The van der Waals surface area contributed by atoms with E-state index in [9.17, 15) is 14.4 Å². The molecule has 0 spiro atoms. The molecule has 8 heteroatoms. The van der Waals surface area contributed by atoms with Crippen molar-refractivity contribution in [2.75, 3.05) is 33.3 Å². The van der Waals surface area contributed by atoms with Crippen molar-refractivity contribution in [3.63, 3.8) is 0 Å². The molecule has 0 radical (unpaired) electrons. The van der Waals surface area contributed by atoms with Crippen LogP contribution >= 0.6 is 0 Å². The minimum absolute atomic E-state index is 0.166. The van der Waals surface area contributed by atoms with E-state index in [-0.39, 0.29) is 17.6 Å². The van der Waals surface area contributed by atoms with Gasteiger partial charge in [-0.2, -0.15) is 5.10 Å². The summed E-state index contributed by atoms with van der Waals surface area (Å²) >= 11 is 0. The number of hydrogen-bond acceptors (Lipinski definition) is 5. The van der Waals surface area contributed by atoms with Crippen molar-refractivity contribution >= 4 is 22.8 Å². The van der Waals surface area contributed by atoms with Gasteiger partial charge >= 0.3 is 6.09 Å². The molecule has 1 saturated heterocycles. The summed E-state index contributed by atoms with van der Waals surface area (Å²) in [5, 5.41) is 5.54. The fourth-order valence-corrected chi connectivity index (χ4v) is 3.64. The number of ether oxygens (including phenoxy) is 1. The minimum Gasteiger partial charge on any atom is -0.453 e. The maximum Gasteiger partial charge on any atom is 0.409 e. The fourth-order valence-electron chi connectivity index (χ4n) is 3.64. The molecule has 1 aromatic carbocycles. The Labute approximate surface area is 170 Å². The Morgan fingerprint density at radius 3 is 2.45 bits per heavy atom. The van der Waals surface area contributed by atoms with Crippen LogP contribution < -0.4 is 5.56 Å². The molecular formula is C21H28N4O4. The van der Waals surface area contributed by atoms with Crippen LogP contribution in [0.4, 0.5) is 4.79 Å². The summed E-state index contributed by atoms with van der Waals surface area (Å²) in [7, 11) is 1.36. The third-order valence-electron chi connectivity index (χ3n) is 5.26. The molecule has 3 rings (SSSR count). The molecule has 2 aromatic rings. The van der Waals surface area contributed by atoms with Gasteiger partial charge in [-0.05, 0) is 18.9 Å². The van der Waals surface area contributed by atoms with Crippen molar-refractivity contribution in [2.45, 2.75) is 39.2 Å². The van der Waals surface area contributed by atoms with E-state index in [1.54, 1.807) is 28.0 Å². The Balaban J connectivity index is 1.91. The maximum atomic E-state index is 13.3. The first kappa shape index (κ1) is 20.8. The van der Waals surface area contributed by atoms with Gasteiger partial charge in [-0.15, -0.1) is 0 Å². The number of unbranched alkanes of at least 4 members (excludes halogenated alkanes) is 2. The lowest BCUT2D eigenvalue weighted by atomic mass is 10.1. The Kier molecular flexibility index (Phi) is 6.85. The Morgan fingerprint density at radius 2 is 1.72 bits per heavy atom. The standard InChI is InChI=1S/C21H28N4O4/c1-3-4-7-13-25-19(26)17-10-6-5-9-16(17)18(22-25)20(27)23-11-8-12-24(15-14-23)21(28)29-2/h5-6,9-10H,3-4,7-8,11-15H2,1-2H3. The highest BCUT2D eigenvalue weighted by Crippen LogP contribution is 2.17. The van der Waals surface area contributed by atoms with Gasteiger partial charge in [-0.1, -0.05) is 38.0 Å². The van der Waals surface area contributed by atoms with Crippen molar-refractivity contribution in [2.24, 2.45) is 0 Å². The van der Waals surface area contributed by atoms with E-state index in [2.05, 4.69) is 12.0 Å². The van der Waals surface area contributed by atoms with Crippen LogP contribution in [0, 0.1) is 0 Å². The second kappa shape index (κ2) is 9.54. The number of hydrogen-bond donors (Lipinski definition) is 0. The van der Waals surface area contributed by atoms with Crippen molar-refractivity contribution in [3.05, 3.63) is 40.3 Å². The van der Waals surface area contributed by atoms with E-state index in [1.807, 2.05) is 6.07 Å². The molecule has 0 bridgehead atoms. The number of methoxy groups -OCH3 is 1. The molecule has 1 aliphatic rings. The average molecular weight is 400 g/mol. The van der Waals surface area contributed by atoms with Crippen molar-refractivity contribution in [3.8, 4) is 0 Å². The summed E-state index contributed by atoms with van der Waals surface area (Å²) in [4.78, 5) is 41.2. The Bertz CT molecular complexity index is 940. The van der Waals surface area contributed by atoms with Crippen LogP contribution in [-0.4, -0.2) is 64.9 Å². The van der Waals surface area contributed by atoms with E-state index in [0.717, 1.165) is 19.3 Å². The van der Waals surface area contributed by atoms with Gasteiger partial charge in [0.2, 0.25) is 0 Å². The monoisotopic (exact) mass is 400 g/mol. The zero-order chi connectivity index (χ0) is 20.8. The average Bonchev–Trinajstić information content (AvgIpc) is 3.01. The number of fused-ring (bicyclic) bond motifs is 1. The summed E-state index contributed by atoms with van der Waals surface area (Å²) in [5.74, 6) is -0.211. The molecule has 0 N–H and O–H groups in total. The fraction of sp³-hybridized carbons (Fsp3) is 0.524. The third kappa shape index (κ3) is 4.58. The molecular weight excluding hydrogens is 372 g/mol. The summed E-state index contributed by atoms with van der Waals surface area (Å²) < 4.78 is 6.21. The summed E-state index contributed by atoms with van der Waals surface area (Å²) in [6, 6.07) is 7.12. The van der Waals surface area contributed by atoms with Gasteiger partial charge in [0.1, 0.15) is 0 Å². The number of amides is 2. The second-order valence-electron chi connectivity index (χ2n) is 7.23. The van der Waals surface area contributed by atoms with Gasteiger partial charge in [0.15, 0.2) is 5.69 Å². The third-order valence-corrected chi connectivity index (χ3v) is 5.26. The lowest BCUT2D eigenvalue weighted by Gasteiger charge is -2.22. The molecule has 0 unspecified atom stereocenters. The molecule has 1 aliphatic heterocycles. The second-order valence-corrected chi connectivity index (χ2v) is 7.23. The first-order chi connectivity index (χ1) is 14.1. The van der Waals surface area contributed by atoms with Crippen molar-refractivity contribution in [1.29, 1.82) is 0 Å². The minimum atomic E-state index is -0.382. The zero-order valence-corrected chi connectivity index (χ0v) is 17.1. The van der Waals surface area contributed by atoms with Crippen LogP contribution in [0.3, 0.4) is 0 Å². The molecule has 2 amide bonds. The molecule has 2 heterocycles. The number of carbonyl (C=O) groups excluding carboxylic acids is 2. The number of nitrogens with zero attached hydrogens (tertiary/aromatic N) is 4. The van der Waals surface area contributed by atoms with Gasteiger partial charge in [0.05, 0.1) is 12.5 Å². The molecule has 0 saturated carbocycles. The summed E-state index contributed by atoms with van der Waals surface area (Å²) in [6.07, 6.45) is 3.16. The summed E-state index contributed by atoms with van der Waals surface area (Å²) in [6.45, 7) is 4.47. The highest BCUT2D eigenvalue weighted by Gasteiger charge is 2.26. The number of carbonyl (C=O) groups is 2. The summed E-state index contributed by atoms with van der Waals surface area (Å²) in [5.41, 5.74) is 0.129. The first-order valence-corrected chi connectivity index (χ1v) is 10.2. The zero-order valence-electron chi connectivity index (χ0n) is 17.1. The lowest BCUT2D eigenvalue weighted by Crippen LogP contribution is -2.38. The van der Waals surface area contributed by atoms with Gasteiger partial charge in [-0.3, -0.25) is 9.59 Å². The molecule has 1 aromatic heterocycles. The van der Waals surface area contributed by atoms with E-state index < -0.39 is 0 Å². The normalized spacial score (nSPS) is 14.7. The van der Waals surface area contributed by atoms with Crippen LogP contribution in [0.2, 0.25) is 0 Å². The largest absolute Gasteiger partial charge is 0.453 e. The lowest BCUT2D eigenvalue weighted by molar-refractivity contribution is 0.0751. The molecule has 0 atom stereocenters. The Hall–Kier alpha value is -2.90. The quantitative estimate of drug-likeness (QED) is 0.720. The predicted octanol–water partition coefficient (Wildman–Crippen LogP) is 2.50. The van der Waals surface area contributed by atoms with E-state index in [0.29, 0.717) is 55.6 Å². The number of rotatable bonds is 5. The van der Waals surface area contributed by atoms with Crippen LogP contribution in [0.5, 0.6) is 0 Å². The Morgan fingerprint density at radius 1 is 1.03 bits per heavy atom. The van der Waals surface area contributed by atoms with Gasteiger partial charge in [0.25, 0.3) is 11.5 Å². The van der Waals surface area contributed by atoms with Crippen LogP contribution in [0.1, 0.15) is 43.1 Å². The predicted molar refractivity (Wildman–Crippen MR) is 110 cm³/mol. The molecule has 8 nitrogen and oxygen atoms in total. The van der Waals surface area contributed by atoms with E-state index >= 15 is 0 Å². The first-order valence-electron chi connectivity index (χ1n) is 10.2. The highest BCUT2D eigenvalue weighted by molar-refractivity contribution is 6.04. The van der Waals surface area contributed by atoms with Crippen LogP contribution in [0.25, 0.3) is 10.8 Å². The van der Waals surface area contributed by atoms with Crippen molar-refractivity contribution in [1.82, 2.24) is 19.6 Å². The van der Waals surface area contributed by atoms with Gasteiger partial charge < -0.3 is 14.5 Å².